The van der Waals surface area contributed by atoms with Gasteiger partial charge in [0.2, 0.25) is 0 Å². The monoisotopic (exact) mass is 323 g/mol. The Kier molecular flexibility index (Phi) is 6.02. The van der Waals surface area contributed by atoms with Crippen LogP contribution in [0.1, 0.15) is 36.0 Å². The quantitative estimate of drug-likeness (QED) is 0.558. The Labute approximate surface area is 144 Å². The average molecular weight is 323 g/mol. The number of hydrogen-bond donors (Lipinski definition) is 0. The van der Waals surface area contributed by atoms with Crippen molar-refractivity contribution in [2.75, 3.05) is 26.2 Å². The van der Waals surface area contributed by atoms with Gasteiger partial charge in [-0.25, -0.2) is 0 Å². The summed E-state index contributed by atoms with van der Waals surface area (Å²) in [6.45, 7) is 4.36. The van der Waals surface area contributed by atoms with Gasteiger partial charge in [0.15, 0.2) is 6.29 Å². The van der Waals surface area contributed by atoms with Crippen LogP contribution in [0.15, 0.2) is 48.5 Å². The molecule has 1 aliphatic rings. The summed E-state index contributed by atoms with van der Waals surface area (Å²) in [7, 11) is 0. The highest BCUT2D eigenvalue weighted by Crippen LogP contribution is 2.25. The molecule has 0 aromatic heterocycles. The van der Waals surface area contributed by atoms with Crippen LogP contribution < -0.4 is 4.74 Å². The second-order valence-electron chi connectivity index (χ2n) is 6.33. The van der Waals surface area contributed by atoms with Crippen LogP contribution in [0.3, 0.4) is 0 Å². The van der Waals surface area contributed by atoms with Crippen molar-refractivity contribution in [1.29, 1.82) is 0 Å². The number of rotatable bonds is 7. The van der Waals surface area contributed by atoms with Crippen molar-refractivity contribution in [1.82, 2.24) is 4.90 Å². The van der Waals surface area contributed by atoms with Gasteiger partial charge in [-0.05, 0) is 55.6 Å². The molecule has 0 radical (unpaired) electrons. The number of carbonyl (C=O) groups is 1. The fraction of sp³-hybridized carbons (Fsp3) is 0.381. The number of piperidine rings is 1. The van der Waals surface area contributed by atoms with Crippen molar-refractivity contribution in [3.8, 4) is 16.9 Å². The molecule has 0 atom stereocenters. The van der Waals surface area contributed by atoms with E-state index in [1.165, 1.54) is 32.4 Å². The lowest BCUT2D eigenvalue weighted by molar-refractivity contribution is 0.112. The number of nitrogens with zero attached hydrogens (tertiary/aromatic N) is 1. The van der Waals surface area contributed by atoms with Crippen molar-refractivity contribution in [3.63, 3.8) is 0 Å². The van der Waals surface area contributed by atoms with Crippen molar-refractivity contribution >= 4 is 6.29 Å². The Balaban J connectivity index is 1.50. The van der Waals surface area contributed by atoms with Crippen LogP contribution in [0, 0.1) is 0 Å². The van der Waals surface area contributed by atoms with Crippen molar-refractivity contribution in [3.05, 3.63) is 54.1 Å². The summed E-state index contributed by atoms with van der Waals surface area (Å²) in [6.07, 6.45) is 6.03. The lowest BCUT2D eigenvalue weighted by atomic mass is 10.0. The molecule has 0 spiro atoms. The van der Waals surface area contributed by atoms with E-state index in [1.807, 2.05) is 48.5 Å². The predicted octanol–water partition coefficient (Wildman–Crippen LogP) is 4.42. The molecule has 0 N–H and O–H groups in total. The smallest absolute Gasteiger partial charge is 0.150 e. The third-order valence-electron chi connectivity index (χ3n) is 4.59. The van der Waals surface area contributed by atoms with E-state index in [1.54, 1.807) is 0 Å². The number of aldehydes is 1. The number of hydrogen-bond acceptors (Lipinski definition) is 3. The molecule has 3 nitrogen and oxygen atoms in total. The largest absolute Gasteiger partial charge is 0.494 e. The van der Waals surface area contributed by atoms with Crippen molar-refractivity contribution in [2.45, 2.75) is 25.7 Å². The highest BCUT2D eigenvalue weighted by atomic mass is 16.5. The predicted molar refractivity (Wildman–Crippen MR) is 97.7 cm³/mol. The molecule has 0 aliphatic carbocycles. The molecule has 1 saturated heterocycles. The molecule has 0 bridgehead atoms. The molecule has 2 aromatic carbocycles. The lowest BCUT2D eigenvalue weighted by Crippen LogP contribution is -2.31. The summed E-state index contributed by atoms with van der Waals surface area (Å²) in [4.78, 5) is 13.7. The fourth-order valence-corrected chi connectivity index (χ4v) is 3.25. The first-order chi connectivity index (χ1) is 11.9. The summed E-state index contributed by atoms with van der Waals surface area (Å²) >= 11 is 0. The zero-order valence-corrected chi connectivity index (χ0v) is 14.1. The normalized spacial score (nSPS) is 15.2. The van der Waals surface area contributed by atoms with Crippen LogP contribution in [0.4, 0.5) is 0 Å². The molecule has 0 amide bonds. The minimum absolute atomic E-state index is 0.715. The number of ether oxygens (including phenoxy) is 1. The number of benzene rings is 2. The summed E-state index contributed by atoms with van der Waals surface area (Å²) in [5.41, 5.74) is 2.72. The second-order valence-corrected chi connectivity index (χ2v) is 6.33. The van der Waals surface area contributed by atoms with Gasteiger partial charge in [-0.15, -0.1) is 0 Å². The van der Waals surface area contributed by atoms with E-state index in [2.05, 4.69) is 4.90 Å². The second kappa shape index (κ2) is 8.65. The topological polar surface area (TPSA) is 29.5 Å². The molecule has 2 aromatic rings. The van der Waals surface area contributed by atoms with Crippen molar-refractivity contribution in [2.24, 2.45) is 0 Å². The van der Waals surface area contributed by atoms with Gasteiger partial charge in [-0.3, -0.25) is 4.79 Å². The Morgan fingerprint density at radius 1 is 0.958 bits per heavy atom. The van der Waals surface area contributed by atoms with Crippen LogP contribution >= 0.6 is 0 Å². The van der Waals surface area contributed by atoms with E-state index in [9.17, 15) is 4.79 Å². The molecule has 3 rings (SSSR count). The van der Waals surface area contributed by atoms with Gasteiger partial charge in [0.1, 0.15) is 5.75 Å². The van der Waals surface area contributed by atoms with Gasteiger partial charge in [0.05, 0.1) is 6.61 Å². The Morgan fingerprint density at radius 3 is 2.46 bits per heavy atom. The highest BCUT2D eigenvalue weighted by Gasteiger charge is 2.09. The van der Waals surface area contributed by atoms with Crippen LogP contribution in [-0.4, -0.2) is 37.4 Å². The number of carbonyl (C=O) groups excluding carboxylic acids is 1. The number of likely N-dealkylation sites (tertiary alicyclic amines) is 1. The van der Waals surface area contributed by atoms with E-state index < -0.39 is 0 Å². The Morgan fingerprint density at radius 2 is 1.71 bits per heavy atom. The Bertz CT molecular complexity index is 645. The highest BCUT2D eigenvalue weighted by molar-refractivity contribution is 5.87. The molecule has 24 heavy (non-hydrogen) atoms. The van der Waals surface area contributed by atoms with Crippen LogP contribution in [0.2, 0.25) is 0 Å². The third kappa shape index (κ3) is 4.45. The average Bonchev–Trinajstić information content (AvgIpc) is 2.66. The molecule has 1 fully saturated rings. The van der Waals surface area contributed by atoms with Gasteiger partial charge < -0.3 is 9.64 Å². The van der Waals surface area contributed by atoms with Gasteiger partial charge in [-0.1, -0.05) is 42.8 Å². The van der Waals surface area contributed by atoms with Crippen LogP contribution in [0.25, 0.3) is 11.1 Å². The van der Waals surface area contributed by atoms with E-state index in [-0.39, 0.29) is 0 Å². The standard InChI is InChI=1S/C21H25NO2/c23-17-19-7-2-3-8-21(19)18-9-11-20(12-10-18)24-16-6-15-22-13-4-1-5-14-22/h2-3,7-12,17H,1,4-6,13-16H2. The summed E-state index contributed by atoms with van der Waals surface area (Å²) in [5, 5.41) is 0. The minimum atomic E-state index is 0.715. The van der Waals surface area contributed by atoms with E-state index in [0.29, 0.717) is 5.56 Å². The van der Waals surface area contributed by atoms with Gasteiger partial charge >= 0.3 is 0 Å². The van der Waals surface area contributed by atoms with E-state index in [0.717, 1.165) is 42.7 Å². The fourth-order valence-electron chi connectivity index (χ4n) is 3.25. The van der Waals surface area contributed by atoms with Crippen molar-refractivity contribution < 1.29 is 9.53 Å². The molecule has 1 heterocycles. The van der Waals surface area contributed by atoms with Gasteiger partial charge in [0.25, 0.3) is 0 Å². The van der Waals surface area contributed by atoms with Gasteiger partial charge in [-0.2, -0.15) is 0 Å². The van der Waals surface area contributed by atoms with Crippen LogP contribution in [-0.2, 0) is 0 Å². The van der Waals surface area contributed by atoms with E-state index in [4.69, 9.17) is 4.74 Å². The zero-order chi connectivity index (χ0) is 16.6. The molecule has 0 saturated carbocycles. The summed E-state index contributed by atoms with van der Waals surface area (Å²) in [6, 6.07) is 15.6. The Hall–Kier alpha value is -2.13. The molecular weight excluding hydrogens is 298 g/mol. The zero-order valence-electron chi connectivity index (χ0n) is 14.1. The third-order valence-corrected chi connectivity index (χ3v) is 4.59. The maximum absolute atomic E-state index is 11.1. The first-order valence-corrected chi connectivity index (χ1v) is 8.86. The molecular formula is C21H25NO2. The summed E-state index contributed by atoms with van der Waals surface area (Å²) < 4.78 is 5.85. The summed E-state index contributed by atoms with van der Waals surface area (Å²) in [5.74, 6) is 0.890. The maximum Gasteiger partial charge on any atom is 0.150 e. The first-order valence-electron chi connectivity index (χ1n) is 8.86. The van der Waals surface area contributed by atoms with Gasteiger partial charge in [0, 0.05) is 12.1 Å². The van der Waals surface area contributed by atoms with Crippen LogP contribution in [0.5, 0.6) is 5.75 Å². The lowest BCUT2D eigenvalue weighted by Gasteiger charge is -2.26. The maximum atomic E-state index is 11.1. The molecule has 0 unspecified atom stereocenters. The molecule has 3 heteroatoms. The molecule has 1 aliphatic heterocycles. The first kappa shape index (κ1) is 16.7. The SMILES string of the molecule is O=Cc1ccccc1-c1ccc(OCCCN2CCCCC2)cc1. The minimum Gasteiger partial charge on any atom is -0.494 e. The molecule has 126 valence electrons. The van der Waals surface area contributed by atoms with E-state index >= 15 is 0 Å².